The van der Waals surface area contributed by atoms with E-state index in [1.54, 1.807) is 30.5 Å². The minimum atomic E-state index is -3.77. The number of fused-ring (bicyclic) bond motifs is 1. The topological polar surface area (TPSA) is 97.4 Å². The maximum atomic E-state index is 12.8. The predicted octanol–water partition coefficient (Wildman–Crippen LogP) is 4.83. The predicted molar refractivity (Wildman–Crippen MR) is 129 cm³/mol. The van der Waals surface area contributed by atoms with E-state index in [-0.39, 0.29) is 10.8 Å². The number of anilines is 2. The van der Waals surface area contributed by atoms with Gasteiger partial charge in [-0.05, 0) is 65.7 Å². The first-order valence-corrected chi connectivity index (χ1v) is 11.9. The van der Waals surface area contributed by atoms with Gasteiger partial charge in [0, 0.05) is 11.9 Å². The summed E-state index contributed by atoms with van der Waals surface area (Å²) in [5, 5.41) is 4.91. The normalized spacial score (nSPS) is 12.2. The fraction of sp³-hybridized carbons (Fsp3) is 0.120. The number of carbonyl (C=O) groups excluding carboxylic acids is 1. The molecule has 1 heterocycles. The summed E-state index contributed by atoms with van der Waals surface area (Å²) in [5.41, 5.74) is 0.840. The molecule has 0 aliphatic rings. The van der Waals surface area contributed by atoms with Crippen LogP contribution in [0.25, 0.3) is 10.8 Å². The first-order valence-electron chi connectivity index (χ1n) is 10.4. The van der Waals surface area contributed by atoms with Crippen LogP contribution in [0.3, 0.4) is 0 Å². The van der Waals surface area contributed by atoms with E-state index in [0.717, 1.165) is 10.8 Å². The standard InChI is InChI=1S/C25H23N3O4S/c1-2-24(32-22-12-9-18-6-3-4-7-19(18)16-22)25(29)27-20-10-13-23(14-11-20)33(30,31)28-21-8-5-15-26-17-21/h3-17,24,28H,2H2,1H3,(H,27,29)/t24-/m1/s1. The van der Waals surface area contributed by atoms with E-state index in [0.29, 0.717) is 23.5 Å². The molecule has 0 spiro atoms. The van der Waals surface area contributed by atoms with Gasteiger partial charge < -0.3 is 10.1 Å². The molecule has 168 valence electrons. The number of pyridine rings is 1. The van der Waals surface area contributed by atoms with E-state index in [2.05, 4.69) is 15.0 Å². The fourth-order valence-corrected chi connectivity index (χ4v) is 4.35. The van der Waals surface area contributed by atoms with Crippen molar-refractivity contribution in [3.05, 3.63) is 91.3 Å². The molecule has 1 amide bonds. The number of benzene rings is 3. The molecule has 0 radical (unpaired) electrons. The van der Waals surface area contributed by atoms with Crippen LogP contribution in [0.1, 0.15) is 13.3 Å². The van der Waals surface area contributed by atoms with Crippen LogP contribution in [-0.2, 0) is 14.8 Å². The highest BCUT2D eigenvalue weighted by Crippen LogP contribution is 2.23. The van der Waals surface area contributed by atoms with E-state index in [4.69, 9.17) is 4.74 Å². The maximum Gasteiger partial charge on any atom is 0.265 e. The molecule has 7 nitrogen and oxygen atoms in total. The molecular formula is C25H23N3O4S. The van der Waals surface area contributed by atoms with Crippen molar-refractivity contribution >= 4 is 38.1 Å². The average Bonchev–Trinajstić information content (AvgIpc) is 2.83. The number of aromatic nitrogens is 1. The first-order chi connectivity index (χ1) is 15.9. The zero-order chi connectivity index (χ0) is 23.3. The Morgan fingerprint density at radius 1 is 0.939 bits per heavy atom. The molecule has 33 heavy (non-hydrogen) atoms. The van der Waals surface area contributed by atoms with Crippen LogP contribution in [0.4, 0.5) is 11.4 Å². The third-order valence-corrected chi connectivity index (χ3v) is 6.41. The van der Waals surface area contributed by atoms with Crippen molar-refractivity contribution < 1.29 is 17.9 Å². The van der Waals surface area contributed by atoms with E-state index >= 15 is 0 Å². The van der Waals surface area contributed by atoms with Crippen LogP contribution in [0.2, 0.25) is 0 Å². The zero-order valence-electron chi connectivity index (χ0n) is 17.9. The summed E-state index contributed by atoms with van der Waals surface area (Å²) in [5.74, 6) is 0.299. The summed E-state index contributed by atoms with van der Waals surface area (Å²) < 4.78 is 33.5. The summed E-state index contributed by atoms with van der Waals surface area (Å²) in [6.45, 7) is 1.87. The lowest BCUT2D eigenvalue weighted by atomic mass is 10.1. The molecule has 1 aromatic heterocycles. The summed E-state index contributed by atoms with van der Waals surface area (Å²) >= 11 is 0. The Morgan fingerprint density at radius 3 is 2.39 bits per heavy atom. The Hall–Kier alpha value is -3.91. The van der Waals surface area contributed by atoms with Crippen LogP contribution in [-0.4, -0.2) is 25.4 Å². The molecule has 3 aromatic carbocycles. The Morgan fingerprint density at radius 2 is 1.70 bits per heavy atom. The van der Waals surface area contributed by atoms with E-state index < -0.39 is 16.1 Å². The van der Waals surface area contributed by atoms with Gasteiger partial charge in [0.05, 0.1) is 16.8 Å². The molecule has 0 aliphatic heterocycles. The lowest BCUT2D eigenvalue weighted by Gasteiger charge is -2.18. The number of hydrogen-bond acceptors (Lipinski definition) is 5. The van der Waals surface area contributed by atoms with E-state index in [1.807, 2.05) is 49.4 Å². The number of nitrogens with zero attached hydrogens (tertiary/aromatic N) is 1. The molecule has 0 aliphatic carbocycles. The van der Waals surface area contributed by atoms with Crippen molar-refractivity contribution in [1.29, 1.82) is 0 Å². The lowest BCUT2D eigenvalue weighted by Crippen LogP contribution is -2.32. The third-order valence-electron chi connectivity index (χ3n) is 5.01. The first kappa shape index (κ1) is 22.3. The van der Waals surface area contributed by atoms with Gasteiger partial charge in [-0.1, -0.05) is 37.3 Å². The van der Waals surface area contributed by atoms with Crippen molar-refractivity contribution in [1.82, 2.24) is 4.98 Å². The van der Waals surface area contributed by atoms with E-state index in [9.17, 15) is 13.2 Å². The molecular weight excluding hydrogens is 438 g/mol. The quantitative estimate of drug-likeness (QED) is 0.392. The molecule has 1 atom stereocenters. The van der Waals surface area contributed by atoms with Crippen molar-refractivity contribution in [2.75, 3.05) is 10.0 Å². The Bertz CT molecular complexity index is 1360. The number of carbonyl (C=O) groups is 1. The van der Waals surface area contributed by atoms with Gasteiger partial charge in [0.25, 0.3) is 15.9 Å². The van der Waals surface area contributed by atoms with Crippen LogP contribution in [0.15, 0.2) is 96.2 Å². The SMILES string of the molecule is CC[C@@H](Oc1ccc2ccccc2c1)C(=O)Nc1ccc(S(=O)(=O)Nc2cccnc2)cc1. The Balaban J connectivity index is 1.42. The van der Waals surface area contributed by atoms with Crippen molar-refractivity contribution in [2.45, 2.75) is 24.3 Å². The molecule has 0 bridgehead atoms. The fourth-order valence-electron chi connectivity index (χ4n) is 3.30. The zero-order valence-corrected chi connectivity index (χ0v) is 18.7. The number of ether oxygens (including phenoxy) is 1. The van der Waals surface area contributed by atoms with Gasteiger partial charge in [0.15, 0.2) is 6.10 Å². The summed E-state index contributed by atoms with van der Waals surface area (Å²) in [6, 6.07) is 22.8. The van der Waals surface area contributed by atoms with Gasteiger partial charge >= 0.3 is 0 Å². The van der Waals surface area contributed by atoms with Gasteiger partial charge in [-0.15, -0.1) is 0 Å². The Labute approximate surface area is 192 Å². The highest BCUT2D eigenvalue weighted by Gasteiger charge is 2.20. The van der Waals surface area contributed by atoms with Gasteiger partial charge in [0.2, 0.25) is 0 Å². The van der Waals surface area contributed by atoms with E-state index in [1.165, 1.54) is 18.3 Å². The molecule has 0 fully saturated rings. The third kappa shape index (κ3) is 5.48. The van der Waals surface area contributed by atoms with Crippen LogP contribution in [0, 0.1) is 0 Å². The number of rotatable bonds is 8. The number of nitrogens with one attached hydrogen (secondary N) is 2. The van der Waals surface area contributed by atoms with Gasteiger partial charge in [-0.25, -0.2) is 8.42 Å². The minimum absolute atomic E-state index is 0.0730. The molecule has 8 heteroatoms. The van der Waals surface area contributed by atoms with Gasteiger partial charge in [0.1, 0.15) is 5.75 Å². The molecule has 2 N–H and O–H groups in total. The van der Waals surface area contributed by atoms with Crippen LogP contribution in [0.5, 0.6) is 5.75 Å². The van der Waals surface area contributed by atoms with Crippen LogP contribution < -0.4 is 14.8 Å². The average molecular weight is 462 g/mol. The summed E-state index contributed by atoms with van der Waals surface area (Å²) in [4.78, 5) is 16.7. The largest absolute Gasteiger partial charge is 0.481 e. The monoisotopic (exact) mass is 461 g/mol. The summed E-state index contributed by atoms with van der Waals surface area (Å²) in [7, 11) is -3.77. The van der Waals surface area contributed by atoms with Crippen molar-refractivity contribution in [2.24, 2.45) is 0 Å². The van der Waals surface area contributed by atoms with Crippen LogP contribution >= 0.6 is 0 Å². The molecule has 0 unspecified atom stereocenters. The number of sulfonamides is 1. The second-order valence-corrected chi connectivity index (χ2v) is 9.07. The smallest absolute Gasteiger partial charge is 0.265 e. The van der Waals surface area contributed by atoms with Gasteiger partial charge in [-0.3, -0.25) is 14.5 Å². The summed E-state index contributed by atoms with van der Waals surface area (Å²) in [6.07, 6.45) is 2.76. The second kappa shape index (κ2) is 9.70. The van der Waals surface area contributed by atoms with Crippen molar-refractivity contribution in [3.63, 3.8) is 0 Å². The van der Waals surface area contributed by atoms with Crippen molar-refractivity contribution in [3.8, 4) is 5.75 Å². The highest BCUT2D eigenvalue weighted by molar-refractivity contribution is 7.92. The molecule has 0 saturated carbocycles. The molecule has 0 saturated heterocycles. The Kier molecular flexibility index (Phi) is 6.55. The maximum absolute atomic E-state index is 12.8. The highest BCUT2D eigenvalue weighted by atomic mass is 32.2. The minimum Gasteiger partial charge on any atom is -0.481 e. The second-order valence-electron chi connectivity index (χ2n) is 7.38. The van der Waals surface area contributed by atoms with Gasteiger partial charge in [-0.2, -0.15) is 0 Å². The molecule has 4 aromatic rings. The molecule has 4 rings (SSSR count). The lowest BCUT2D eigenvalue weighted by molar-refractivity contribution is -0.122. The number of hydrogen-bond donors (Lipinski definition) is 2. The number of amides is 1.